The van der Waals surface area contributed by atoms with E-state index in [1.54, 1.807) is 4.90 Å². The maximum Gasteiger partial charge on any atom is 0.410 e. The standard InChI is InChI=1S/C22H32N2O3/c1-22(2,3)27-21(26)24-15-14-18(16-10-6-4-7-11-16)19(24)20(25)23-17-12-8-5-9-13-17/h5,8-9,12-13,16,18-19H,4,6-7,10-11,14-15H2,1-3H3,(H,23,25)/t18-,19-/m0/s1. The molecule has 27 heavy (non-hydrogen) atoms. The summed E-state index contributed by atoms with van der Waals surface area (Å²) in [6.07, 6.45) is 6.52. The van der Waals surface area contributed by atoms with E-state index in [-0.39, 0.29) is 17.9 Å². The second-order valence-electron chi connectivity index (χ2n) is 8.82. The molecule has 1 aromatic rings. The monoisotopic (exact) mass is 372 g/mol. The van der Waals surface area contributed by atoms with E-state index in [0.717, 1.165) is 24.9 Å². The van der Waals surface area contributed by atoms with Crippen LogP contribution in [0.15, 0.2) is 30.3 Å². The van der Waals surface area contributed by atoms with Gasteiger partial charge >= 0.3 is 6.09 Å². The van der Waals surface area contributed by atoms with E-state index in [0.29, 0.717) is 12.5 Å². The average Bonchev–Trinajstić information content (AvgIpc) is 3.07. The van der Waals surface area contributed by atoms with Crippen molar-refractivity contribution in [3.63, 3.8) is 0 Å². The van der Waals surface area contributed by atoms with Crippen molar-refractivity contribution in [2.24, 2.45) is 11.8 Å². The number of para-hydroxylation sites is 1. The second-order valence-corrected chi connectivity index (χ2v) is 8.82. The van der Waals surface area contributed by atoms with Crippen molar-refractivity contribution in [3.8, 4) is 0 Å². The predicted molar refractivity (Wildman–Crippen MR) is 106 cm³/mol. The molecule has 1 aliphatic heterocycles. The maximum atomic E-state index is 13.2. The van der Waals surface area contributed by atoms with Gasteiger partial charge in [-0.05, 0) is 51.2 Å². The third-order valence-electron chi connectivity index (χ3n) is 5.64. The van der Waals surface area contributed by atoms with Crippen LogP contribution in [0.3, 0.4) is 0 Å². The van der Waals surface area contributed by atoms with Gasteiger partial charge in [0.1, 0.15) is 11.6 Å². The molecule has 2 aliphatic rings. The van der Waals surface area contributed by atoms with Gasteiger partial charge in [-0.3, -0.25) is 9.69 Å². The maximum absolute atomic E-state index is 13.2. The topological polar surface area (TPSA) is 58.6 Å². The molecule has 0 aromatic heterocycles. The number of nitrogens with one attached hydrogen (secondary N) is 1. The fraction of sp³-hybridized carbons (Fsp3) is 0.636. The largest absolute Gasteiger partial charge is 0.444 e. The predicted octanol–water partition coefficient (Wildman–Crippen LogP) is 4.83. The lowest BCUT2D eigenvalue weighted by molar-refractivity contribution is -0.122. The fourth-order valence-electron chi connectivity index (χ4n) is 4.47. The van der Waals surface area contributed by atoms with Crippen LogP contribution in [0, 0.1) is 11.8 Å². The van der Waals surface area contributed by atoms with E-state index in [1.165, 1.54) is 19.3 Å². The molecule has 2 fully saturated rings. The summed E-state index contributed by atoms with van der Waals surface area (Å²) < 4.78 is 5.59. The van der Waals surface area contributed by atoms with Crippen LogP contribution in [0.2, 0.25) is 0 Å². The molecule has 1 saturated heterocycles. The number of hydrogen-bond donors (Lipinski definition) is 1. The summed E-state index contributed by atoms with van der Waals surface area (Å²) in [6.45, 7) is 6.17. The van der Waals surface area contributed by atoms with Gasteiger partial charge in [0.25, 0.3) is 0 Å². The van der Waals surface area contributed by atoms with Gasteiger partial charge in [-0.25, -0.2) is 4.79 Å². The molecule has 1 N–H and O–H groups in total. The Labute approximate surface area is 162 Å². The van der Waals surface area contributed by atoms with Gasteiger partial charge in [-0.1, -0.05) is 50.3 Å². The summed E-state index contributed by atoms with van der Waals surface area (Å²) in [7, 11) is 0. The van der Waals surface area contributed by atoms with E-state index in [9.17, 15) is 9.59 Å². The van der Waals surface area contributed by atoms with Crippen molar-refractivity contribution >= 4 is 17.7 Å². The van der Waals surface area contributed by atoms with Crippen LogP contribution in [-0.2, 0) is 9.53 Å². The van der Waals surface area contributed by atoms with Crippen molar-refractivity contribution in [2.45, 2.75) is 70.9 Å². The van der Waals surface area contributed by atoms with Gasteiger partial charge in [-0.2, -0.15) is 0 Å². The minimum Gasteiger partial charge on any atom is -0.444 e. The highest BCUT2D eigenvalue weighted by atomic mass is 16.6. The van der Waals surface area contributed by atoms with Crippen molar-refractivity contribution in [3.05, 3.63) is 30.3 Å². The van der Waals surface area contributed by atoms with Gasteiger partial charge < -0.3 is 10.1 Å². The van der Waals surface area contributed by atoms with Crippen LogP contribution in [0.5, 0.6) is 0 Å². The van der Waals surface area contributed by atoms with Crippen LogP contribution in [0.1, 0.15) is 59.3 Å². The lowest BCUT2D eigenvalue weighted by Gasteiger charge is -2.34. The van der Waals surface area contributed by atoms with Gasteiger partial charge in [0.15, 0.2) is 0 Å². The molecule has 0 bridgehead atoms. The number of carbonyl (C=O) groups excluding carboxylic acids is 2. The van der Waals surface area contributed by atoms with Gasteiger partial charge in [-0.15, -0.1) is 0 Å². The Morgan fingerprint density at radius 2 is 1.70 bits per heavy atom. The molecule has 1 aliphatic carbocycles. The number of rotatable bonds is 3. The molecule has 5 heteroatoms. The summed E-state index contributed by atoms with van der Waals surface area (Å²) in [4.78, 5) is 27.6. The highest BCUT2D eigenvalue weighted by Gasteiger charge is 2.46. The molecule has 0 unspecified atom stereocenters. The minimum absolute atomic E-state index is 0.0971. The quantitative estimate of drug-likeness (QED) is 0.827. The van der Waals surface area contributed by atoms with E-state index >= 15 is 0 Å². The minimum atomic E-state index is -0.569. The third-order valence-corrected chi connectivity index (χ3v) is 5.64. The molecule has 0 spiro atoms. The molecule has 1 heterocycles. The van der Waals surface area contributed by atoms with Gasteiger partial charge in [0.2, 0.25) is 5.91 Å². The zero-order valence-electron chi connectivity index (χ0n) is 16.7. The van der Waals surface area contributed by atoms with Crippen LogP contribution in [0.4, 0.5) is 10.5 Å². The SMILES string of the molecule is CC(C)(C)OC(=O)N1CC[C@@H](C2CCCCC2)[C@H]1C(=O)Nc1ccccc1. The third kappa shape index (κ3) is 5.02. The first-order valence-corrected chi connectivity index (χ1v) is 10.2. The number of benzene rings is 1. The van der Waals surface area contributed by atoms with Crippen LogP contribution in [-0.4, -0.2) is 35.1 Å². The molecular weight excluding hydrogens is 340 g/mol. The summed E-state index contributed by atoms with van der Waals surface area (Å²) in [5.74, 6) is 0.624. The molecule has 5 nitrogen and oxygen atoms in total. The zero-order valence-corrected chi connectivity index (χ0v) is 16.7. The van der Waals surface area contributed by atoms with Crippen LogP contribution in [0.25, 0.3) is 0 Å². The lowest BCUT2D eigenvalue weighted by atomic mass is 9.76. The summed E-state index contributed by atoms with van der Waals surface area (Å²) in [5.41, 5.74) is 0.196. The second kappa shape index (κ2) is 8.32. The number of likely N-dealkylation sites (tertiary alicyclic amines) is 1. The van der Waals surface area contributed by atoms with Crippen molar-refractivity contribution in [1.29, 1.82) is 0 Å². The summed E-state index contributed by atoms with van der Waals surface area (Å²) in [6, 6.07) is 9.01. The molecule has 3 rings (SSSR count). The van der Waals surface area contributed by atoms with Gasteiger partial charge in [0, 0.05) is 12.2 Å². The smallest absolute Gasteiger partial charge is 0.410 e. The highest BCUT2D eigenvalue weighted by Crippen LogP contribution is 2.39. The van der Waals surface area contributed by atoms with Crippen molar-refractivity contribution < 1.29 is 14.3 Å². The van der Waals surface area contributed by atoms with Crippen molar-refractivity contribution in [1.82, 2.24) is 4.90 Å². The normalized spacial score (nSPS) is 23.9. The summed E-state index contributed by atoms with van der Waals surface area (Å²) >= 11 is 0. The molecule has 0 radical (unpaired) electrons. The Morgan fingerprint density at radius 1 is 1.04 bits per heavy atom. The van der Waals surface area contributed by atoms with Crippen LogP contribution >= 0.6 is 0 Å². The first-order valence-electron chi connectivity index (χ1n) is 10.2. The van der Waals surface area contributed by atoms with E-state index < -0.39 is 11.6 Å². The van der Waals surface area contributed by atoms with Gasteiger partial charge in [0.05, 0.1) is 0 Å². The lowest BCUT2D eigenvalue weighted by Crippen LogP contribution is -2.49. The highest BCUT2D eigenvalue weighted by molar-refractivity contribution is 5.97. The Balaban J connectivity index is 1.80. The number of hydrogen-bond acceptors (Lipinski definition) is 3. The Bertz CT molecular complexity index is 647. The molecule has 2 atom stereocenters. The molecule has 1 saturated carbocycles. The molecule has 2 amide bonds. The van der Waals surface area contributed by atoms with Crippen LogP contribution < -0.4 is 5.32 Å². The first kappa shape index (κ1) is 19.7. The number of carbonyl (C=O) groups is 2. The van der Waals surface area contributed by atoms with Crippen molar-refractivity contribution in [2.75, 3.05) is 11.9 Å². The number of anilines is 1. The zero-order chi connectivity index (χ0) is 19.4. The van der Waals surface area contributed by atoms with E-state index in [2.05, 4.69) is 5.32 Å². The molecule has 148 valence electrons. The summed E-state index contributed by atoms with van der Waals surface area (Å²) in [5, 5.41) is 3.01. The molecule has 1 aromatic carbocycles. The van der Waals surface area contributed by atoms with E-state index in [4.69, 9.17) is 4.74 Å². The average molecular weight is 373 g/mol. The first-order chi connectivity index (χ1) is 12.8. The number of amides is 2. The Kier molecular flexibility index (Phi) is 6.08. The number of ether oxygens (including phenoxy) is 1. The molecular formula is C22H32N2O3. The Hall–Kier alpha value is -2.04. The fourth-order valence-corrected chi connectivity index (χ4v) is 4.47. The Morgan fingerprint density at radius 3 is 2.33 bits per heavy atom. The number of nitrogens with zero attached hydrogens (tertiary/aromatic N) is 1. The van der Waals surface area contributed by atoms with E-state index in [1.807, 2.05) is 51.1 Å².